The third-order valence-electron chi connectivity index (χ3n) is 1.02. The quantitative estimate of drug-likeness (QED) is 0.486. The van der Waals surface area contributed by atoms with Gasteiger partial charge in [0.25, 0.3) is 0 Å². The van der Waals surface area contributed by atoms with Crippen molar-refractivity contribution in [3.8, 4) is 0 Å². The fraction of sp³-hybridized carbons (Fsp3) is 0.500. The predicted octanol–water partition coefficient (Wildman–Crippen LogP) is -1.21. The standard InChI is InChI=1S/C4H8N6S/c1-5-4(11)6-2-3-7-9-10-8-3/h2H2,1H3,(H2,5,6,11)(H,7,8,9,10). The molecule has 11 heavy (non-hydrogen) atoms. The topological polar surface area (TPSA) is 78.5 Å². The first-order chi connectivity index (χ1) is 5.33. The highest BCUT2D eigenvalue weighted by atomic mass is 32.1. The summed E-state index contributed by atoms with van der Waals surface area (Å²) < 4.78 is 0. The van der Waals surface area contributed by atoms with Crippen LogP contribution in [0, 0.1) is 0 Å². The molecule has 0 radical (unpaired) electrons. The van der Waals surface area contributed by atoms with Gasteiger partial charge in [0.15, 0.2) is 10.9 Å². The average molecular weight is 172 g/mol. The summed E-state index contributed by atoms with van der Waals surface area (Å²) in [5.74, 6) is 0.586. The van der Waals surface area contributed by atoms with Gasteiger partial charge in [-0.3, -0.25) is 0 Å². The van der Waals surface area contributed by atoms with Crippen molar-refractivity contribution in [2.24, 2.45) is 0 Å². The highest BCUT2D eigenvalue weighted by Crippen LogP contribution is 1.79. The second kappa shape index (κ2) is 3.81. The number of aromatic amines is 1. The van der Waals surface area contributed by atoms with E-state index < -0.39 is 0 Å². The summed E-state index contributed by atoms with van der Waals surface area (Å²) in [5, 5.41) is 19.4. The summed E-state index contributed by atoms with van der Waals surface area (Å²) >= 11 is 4.82. The van der Waals surface area contributed by atoms with Crippen molar-refractivity contribution in [1.29, 1.82) is 0 Å². The van der Waals surface area contributed by atoms with Crippen LogP contribution in [0.4, 0.5) is 0 Å². The van der Waals surface area contributed by atoms with E-state index in [4.69, 9.17) is 12.2 Å². The van der Waals surface area contributed by atoms with Crippen molar-refractivity contribution < 1.29 is 0 Å². The summed E-state index contributed by atoms with van der Waals surface area (Å²) in [6.45, 7) is 0.482. The summed E-state index contributed by atoms with van der Waals surface area (Å²) in [5.41, 5.74) is 0. The smallest absolute Gasteiger partial charge is 0.193 e. The molecule has 60 valence electrons. The molecular formula is C4H8N6S. The van der Waals surface area contributed by atoms with Crippen molar-refractivity contribution in [3.63, 3.8) is 0 Å². The molecule has 0 saturated heterocycles. The Balaban J connectivity index is 2.29. The minimum Gasteiger partial charge on any atom is -0.366 e. The van der Waals surface area contributed by atoms with E-state index in [1.165, 1.54) is 0 Å². The zero-order valence-corrected chi connectivity index (χ0v) is 6.77. The normalized spacial score (nSPS) is 9.18. The number of rotatable bonds is 2. The number of thiocarbonyl (C=S) groups is 1. The molecule has 0 aliphatic rings. The van der Waals surface area contributed by atoms with Crippen LogP contribution in [-0.2, 0) is 6.54 Å². The maximum absolute atomic E-state index is 4.82. The molecule has 0 amide bonds. The number of nitrogens with zero attached hydrogens (tertiary/aromatic N) is 3. The number of nitrogens with one attached hydrogen (secondary N) is 3. The van der Waals surface area contributed by atoms with Gasteiger partial charge in [-0.25, -0.2) is 0 Å². The molecule has 0 aromatic carbocycles. The van der Waals surface area contributed by atoms with Crippen molar-refractivity contribution in [3.05, 3.63) is 5.82 Å². The average Bonchev–Trinajstić information content (AvgIpc) is 2.52. The first-order valence-corrected chi connectivity index (χ1v) is 3.41. The largest absolute Gasteiger partial charge is 0.366 e. The maximum Gasteiger partial charge on any atom is 0.193 e. The van der Waals surface area contributed by atoms with Crippen LogP contribution in [-0.4, -0.2) is 32.8 Å². The van der Waals surface area contributed by atoms with Gasteiger partial charge in [-0.15, -0.1) is 10.2 Å². The van der Waals surface area contributed by atoms with Gasteiger partial charge in [-0.05, 0) is 12.2 Å². The van der Waals surface area contributed by atoms with Crippen molar-refractivity contribution >= 4 is 17.3 Å². The van der Waals surface area contributed by atoms with Crippen LogP contribution in [0.25, 0.3) is 0 Å². The molecule has 1 heterocycles. The van der Waals surface area contributed by atoms with Gasteiger partial charge < -0.3 is 10.6 Å². The Morgan fingerprint density at radius 3 is 3.09 bits per heavy atom. The summed E-state index contributed by atoms with van der Waals surface area (Å²) in [6.07, 6.45) is 0. The Kier molecular flexibility index (Phi) is 2.73. The second-order valence-electron chi connectivity index (χ2n) is 1.76. The predicted molar refractivity (Wildman–Crippen MR) is 42.7 cm³/mol. The van der Waals surface area contributed by atoms with Crippen LogP contribution in [0.2, 0.25) is 0 Å². The number of aromatic nitrogens is 4. The summed E-state index contributed by atoms with van der Waals surface area (Å²) in [6, 6.07) is 0. The lowest BCUT2D eigenvalue weighted by molar-refractivity contribution is 0.818. The van der Waals surface area contributed by atoms with Gasteiger partial charge in [0.05, 0.1) is 6.54 Å². The molecule has 0 bridgehead atoms. The Morgan fingerprint density at radius 1 is 1.73 bits per heavy atom. The molecular weight excluding hydrogens is 164 g/mol. The third kappa shape index (κ3) is 2.46. The lowest BCUT2D eigenvalue weighted by Gasteiger charge is -2.02. The highest BCUT2D eigenvalue weighted by molar-refractivity contribution is 7.80. The lowest BCUT2D eigenvalue weighted by Crippen LogP contribution is -2.32. The van der Waals surface area contributed by atoms with Gasteiger partial charge in [0.2, 0.25) is 0 Å². The third-order valence-corrected chi connectivity index (χ3v) is 1.37. The molecule has 0 atom stereocenters. The van der Waals surface area contributed by atoms with Gasteiger partial charge in [0.1, 0.15) is 0 Å². The van der Waals surface area contributed by atoms with Crippen LogP contribution < -0.4 is 10.6 Å². The van der Waals surface area contributed by atoms with Gasteiger partial charge >= 0.3 is 0 Å². The van der Waals surface area contributed by atoms with E-state index in [0.717, 1.165) is 0 Å². The highest BCUT2D eigenvalue weighted by Gasteiger charge is 1.96. The number of tetrazole rings is 1. The monoisotopic (exact) mass is 172 g/mol. The van der Waals surface area contributed by atoms with Crippen LogP contribution >= 0.6 is 12.2 Å². The first kappa shape index (κ1) is 7.86. The Bertz CT molecular complexity index is 218. The Labute approximate surface area is 68.8 Å². The van der Waals surface area contributed by atoms with E-state index in [9.17, 15) is 0 Å². The molecule has 0 aliphatic carbocycles. The van der Waals surface area contributed by atoms with E-state index in [1.807, 2.05) is 0 Å². The minimum atomic E-state index is 0.482. The molecule has 6 nitrogen and oxygen atoms in total. The molecule has 7 heteroatoms. The zero-order valence-electron chi connectivity index (χ0n) is 5.96. The number of H-pyrrole nitrogens is 1. The molecule has 0 fully saturated rings. The fourth-order valence-electron chi connectivity index (χ4n) is 0.505. The van der Waals surface area contributed by atoms with Crippen molar-refractivity contribution in [2.75, 3.05) is 7.05 Å². The van der Waals surface area contributed by atoms with Gasteiger partial charge in [0, 0.05) is 7.05 Å². The van der Waals surface area contributed by atoms with Crippen LogP contribution in [0.1, 0.15) is 5.82 Å². The molecule has 0 aliphatic heterocycles. The SMILES string of the molecule is CNC(=S)NCc1nn[nH]n1. The van der Waals surface area contributed by atoms with Crippen LogP contribution in [0.3, 0.4) is 0 Å². The molecule has 1 aromatic rings. The van der Waals surface area contributed by atoms with E-state index in [0.29, 0.717) is 17.5 Å². The Hall–Kier alpha value is -1.24. The fourth-order valence-corrected chi connectivity index (χ4v) is 0.577. The summed E-state index contributed by atoms with van der Waals surface area (Å²) in [4.78, 5) is 0. The first-order valence-electron chi connectivity index (χ1n) is 3.01. The number of hydrogen-bond acceptors (Lipinski definition) is 4. The second-order valence-corrected chi connectivity index (χ2v) is 2.17. The zero-order chi connectivity index (χ0) is 8.10. The lowest BCUT2D eigenvalue weighted by atomic mass is 10.6. The molecule has 0 saturated carbocycles. The molecule has 1 rings (SSSR count). The minimum absolute atomic E-state index is 0.482. The van der Waals surface area contributed by atoms with Gasteiger partial charge in [-0.2, -0.15) is 5.21 Å². The van der Waals surface area contributed by atoms with E-state index in [1.54, 1.807) is 7.05 Å². The van der Waals surface area contributed by atoms with Crippen LogP contribution in [0.15, 0.2) is 0 Å². The summed E-state index contributed by atoms with van der Waals surface area (Å²) in [7, 11) is 1.74. The maximum atomic E-state index is 4.82. The van der Waals surface area contributed by atoms with E-state index in [-0.39, 0.29) is 0 Å². The molecule has 1 aromatic heterocycles. The van der Waals surface area contributed by atoms with Crippen molar-refractivity contribution in [2.45, 2.75) is 6.54 Å². The van der Waals surface area contributed by atoms with Crippen molar-refractivity contribution in [1.82, 2.24) is 31.3 Å². The van der Waals surface area contributed by atoms with E-state index in [2.05, 4.69) is 31.3 Å². The molecule has 0 unspecified atom stereocenters. The Morgan fingerprint density at radius 2 is 2.55 bits per heavy atom. The van der Waals surface area contributed by atoms with Crippen LogP contribution in [0.5, 0.6) is 0 Å². The molecule has 0 spiro atoms. The molecule has 3 N–H and O–H groups in total. The van der Waals surface area contributed by atoms with Gasteiger partial charge in [-0.1, -0.05) is 5.21 Å². The van der Waals surface area contributed by atoms with E-state index >= 15 is 0 Å². The number of hydrogen-bond donors (Lipinski definition) is 3.